The second-order valence-electron chi connectivity index (χ2n) is 2.73. The molecule has 5 heteroatoms. The summed E-state index contributed by atoms with van der Waals surface area (Å²) in [6.07, 6.45) is 2.33. The van der Waals surface area contributed by atoms with Crippen LogP contribution in [0, 0.1) is 5.82 Å². The molecule has 4 nitrogen and oxygen atoms in total. The topological polar surface area (TPSA) is 41.0 Å². The maximum Gasteiger partial charge on any atom is 0.225 e. The fourth-order valence-corrected chi connectivity index (χ4v) is 0.882. The Kier molecular flexibility index (Phi) is 3.57. The lowest BCUT2D eigenvalue weighted by molar-refractivity contribution is 0.611. The van der Waals surface area contributed by atoms with Crippen LogP contribution in [0.25, 0.3) is 0 Å². The molecular formula is C8H13FN4. The molecule has 0 aromatic carbocycles. The van der Waals surface area contributed by atoms with Crippen LogP contribution in [-0.2, 0) is 0 Å². The summed E-state index contributed by atoms with van der Waals surface area (Å²) in [4.78, 5) is 9.54. The lowest BCUT2D eigenvalue weighted by Gasteiger charge is -2.15. The molecule has 0 bridgehead atoms. The number of hydrogen-bond acceptors (Lipinski definition) is 4. The number of nitrogens with zero attached hydrogens (tertiary/aromatic N) is 3. The van der Waals surface area contributed by atoms with E-state index in [2.05, 4.69) is 15.3 Å². The number of anilines is 1. The summed E-state index contributed by atoms with van der Waals surface area (Å²) in [7, 11) is 3.74. The van der Waals surface area contributed by atoms with Crippen LogP contribution in [0.15, 0.2) is 12.4 Å². The Morgan fingerprint density at radius 3 is 2.62 bits per heavy atom. The van der Waals surface area contributed by atoms with Crippen molar-refractivity contribution in [2.45, 2.75) is 0 Å². The molecule has 0 aliphatic carbocycles. The van der Waals surface area contributed by atoms with E-state index in [4.69, 9.17) is 0 Å². The average molecular weight is 184 g/mol. The molecule has 0 saturated carbocycles. The molecule has 0 radical (unpaired) electrons. The van der Waals surface area contributed by atoms with E-state index < -0.39 is 5.82 Å². The molecule has 1 N–H and O–H groups in total. The first kappa shape index (κ1) is 9.85. The zero-order chi connectivity index (χ0) is 9.68. The number of halogens is 1. The minimum atomic E-state index is -0.411. The van der Waals surface area contributed by atoms with E-state index in [1.54, 1.807) is 0 Å². The molecule has 1 heterocycles. The summed E-state index contributed by atoms with van der Waals surface area (Å²) in [6.45, 7) is 1.64. The first-order valence-corrected chi connectivity index (χ1v) is 4.07. The van der Waals surface area contributed by atoms with E-state index in [1.165, 1.54) is 0 Å². The third-order valence-corrected chi connectivity index (χ3v) is 1.65. The molecule has 0 aliphatic rings. The Morgan fingerprint density at radius 1 is 1.46 bits per heavy atom. The fourth-order valence-electron chi connectivity index (χ4n) is 0.882. The second kappa shape index (κ2) is 4.71. The molecule has 0 unspecified atom stereocenters. The zero-order valence-corrected chi connectivity index (χ0v) is 7.79. The van der Waals surface area contributed by atoms with Crippen LogP contribution in [0.4, 0.5) is 10.3 Å². The van der Waals surface area contributed by atoms with Crippen LogP contribution in [-0.4, -0.2) is 37.2 Å². The van der Waals surface area contributed by atoms with E-state index in [9.17, 15) is 4.39 Å². The van der Waals surface area contributed by atoms with Gasteiger partial charge < -0.3 is 10.2 Å². The Balaban J connectivity index is 2.55. The molecule has 0 fully saturated rings. The van der Waals surface area contributed by atoms with Crippen molar-refractivity contribution in [3.05, 3.63) is 18.2 Å². The molecule has 0 atom stereocenters. The van der Waals surface area contributed by atoms with Gasteiger partial charge in [-0.2, -0.15) is 0 Å². The van der Waals surface area contributed by atoms with Gasteiger partial charge in [0, 0.05) is 20.1 Å². The van der Waals surface area contributed by atoms with Gasteiger partial charge in [0.1, 0.15) is 0 Å². The smallest absolute Gasteiger partial charge is 0.225 e. The van der Waals surface area contributed by atoms with Gasteiger partial charge in [-0.15, -0.1) is 0 Å². The van der Waals surface area contributed by atoms with E-state index in [0.717, 1.165) is 25.5 Å². The summed E-state index contributed by atoms with van der Waals surface area (Å²) < 4.78 is 12.4. The highest BCUT2D eigenvalue weighted by Crippen LogP contribution is 2.02. The molecule has 0 aliphatic heterocycles. The fraction of sp³-hybridized carbons (Fsp3) is 0.500. The molecule has 72 valence electrons. The number of nitrogens with one attached hydrogen (secondary N) is 1. The summed E-state index contributed by atoms with van der Waals surface area (Å²) in [6, 6.07) is 0. The number of aromatic nitrogens is 2. The average Bonchev–Trinajstić information content (AvgIpc) is 2.15. The summed E-state index contributed by atoms with van der Waals surface area (Å²) in [5.74, 6) is 0.127. The first-order valence-electron chi connectivity index (χ1n) is 4.07. The molecule has 13 heavy (non-hydrogen) atoms. The molecule has 1 rings (SSSR count). The predicted molar refractivity (Wildman–Crippen MR) is 49.2 cm³/mol. The van der Waals surface area contributed by atoms with Crippen molar-refractivity contribution in [3.63, 3.8) is 0 Å². The Labute approximate surface area is 76.8 Å². The highest BCUT2D eigenvalue weighted by atomic mass is 19.1. The molecule has 1 aromatic rings. The van der Waals surface area contributed by atoms with Crippen molar-refractivity contribution in [1.29, 1.82) is 0 Å². The Morgan fingerprint density at radius 2 is 2.08 bits per heavy atom. The van der Waals surface area contributed by atoms with Gasteiger partial charge in [0.15, 0.2) is 5.82 Å². The number of hydrogen-bond donors (Lipinski definition) is 1. The van der Waals surface area contributed by atoms with Gasteiger partial charge in [0.05, 0.1) is 12.4 Å². The minimum absolute atomic E-state index is 0.411. The SMILES string of the molecule is CNCCN(C)c1ncc(F)cn1. The van der Waals surface area contributed by atoms with Gasteiger partial charge in [-0.3, -0.25) is 0 Å². The molecular weight excluding hydrogens is 171 g/mol. The summed E-state index contributed by atoms with van der Waals surface area (Å²) in [5.41, 5.74) is 0. The van der Waals surface area contributed by atoms with Crippen LogP contribution in [0.2, 0.25) is 0 Å². The van der Waals surface area contributed by atoms with Crippen LogP contribution in [0.5, 0.6) is 0 Å². The van der Waals surface area contributed by atoms with E-state index >= 15 is 0 Å². The normalized spacial score (nSPS) is 10.1. The maximum absolute atomic E-state index is 12.4. The van der Waals surface area contributed by atoms with Crippen molar-refractivity contribution >= 4 is 5.95 Å². The van der Waals surface area contributed by atoms with Crippen molar-refractivity contribution in [3.8, 4) is 0 Å². The summed E-state index contributed by atoms with van der Waals surface area (Å²) in [5, 5.41) is 3.01. The molecule has 1 aromatic heterocycles. The van der Waals surface area contributed by atoms with Crippen molar-refractivity contribution < 1.29 is 4.39 Å². The van der Waals surface area contributed by atoms with Crippen LogP contribution in [0.1, 0.15) is 0 Å². The molecule has 0 saturated heterocycles. The van der Waals surface area contributed by atoms with E-state index in [-0.39, 0.29) is 0 Å². The third kappa shape index (κ3) is 2.95. The van der Waals surface area contributed by atoms with Gasteiger partial charge in [0.25, 0.3) is 0 Å². The highest BCUT2D eigenvalue weighted by Gasteiger charge is 2.02. The van der Waals surface area contributed by atoms with Gasteiger partial charge in [-0.25, -0.2) is 14.4 Å². The highest BCUT2D eigenvalue weighted by molar-refractivity contribution is 5.26. The van der Waals surface area contributed by atoms with Crippen molar-refractivity contribution in [2.24, 2.45) is 0 Å². The number of likely N-dealkylation sites (N-methyl/N-ethyl adjacent to an activating group) is 2. The monoisotopic (exact) mass is 184 g/mol. The molecule has 0 spiro atoms. The Hall–Kier alpha value is -1.23. The lowest BCUT2D eigenvalue weighted by atomic mass is 10.5. The third-order valence-electron chi connectivity index (χ3n) is 1.65. The van der Waals surface area contributed by atoms with E-state index in [1.807, 2.05) is 19.0 Å². The first-order chi connectivity index (χ1) is 6.24. The van der Waals surface area contributed by atoms with Crippen LogP contribution >= 0.6 is 0 Å². The molecule has 0 amide bonds. The van der Waals surface area contributed by atoms with Gasteiger partial charge in [-0.1, -0.05) is 0 Å². The predicted octanol–water partition coefficient (Wildman–Crippen LogP) is 0.271. The number of rotatable bonds is 4. The van der Waals surface area contributed by atoms with Crippen LogP contribution < -0.4 is 10.2 Å². The van der Waals surface area contributed by atoms with Gasteiger partial charge in [0.2, 0.25) is 5.95 Å². The summed E-state index contributed by atoms with van der Waals surface area (Å²) >= 11 is 0. The van der Waals surface area contributed by atoms with E-state index in [0.29, 0.717) is 5.95 Å². The van der Waals surface area contributed by atoms with Gasteiger partial charge in [-0.05, 0) is 7.05 Å². The largest absolute Gasteiger partial charge is 0.343 e. The standard InChI is InChI=1S/C8H13FN4/c1-10-3-4-13(2)8-11-5-7(9)6-12-8/h5-6,10H,3-4H2,1-2H3. The van der Waals surface area contributed by atoms with Gasteiger partial charge >= 0.3 is 0 Å². The lowest BCUT2D eigenvalue weighted by Crippen LogP contribution is -2.28. The van der Waals surface area contributed by atoms with Crippen molar-refractivity contribution in [1.82, 2.24) is 15.3 Å². The Bertz CT molecular complexity index is 249. The second-order valence-corrected chi connectivity index (χ2v) is 2.73. The minimum Gasteiger partial charge on any atom is -0.343 e. The van der Waals surface area contributed by atoms with Crippen LogP contribution in [0.3, 0.4) is 0 Å². The van der Waals surface area contributed by atoms with Crippen molar-refractivity contribution in [2.75, 3.05) is 32.1 Å². The zero-order valence-electron chi connectivity index (χ0n) is 7.79. The maximum atomic E-state index is 12.4. The quantitative estimate of drug-likeness (QED) is 0.729.